The van der Waals surface area contributed by atoms with Gasteiger partial charge in [-0.25, -0.2) is 4.98 Å². The van der Waals surface area contributed by atoms with E-state index in [-0.39, 0.29) is 5.91 Å². The highest BCUT2D eigenvalue weighted by molar-refractivity contribution is 7.15. The fourth-order valence-electron chi connectivity index (χ4n) is 2.50. The quantitative estimate of drug-likeness (QED) is 0.885. The minimum Gasteiger partial charge on any atom is -0.301 e. The van der Waals surface area contributed by atoms with E-state index in [4.69, 9.17) is 0 Å². The summed E-state index contributed by atoms with van der Waals surface area (Å²) in [5, 5.41) is 3.58. The SMILES string of the molecule is CC(=CC(=O)Nc1nc2c(s1)CN(C)CC2)c1ccccc1. The van der Waals surface area contributed by atoms with Gasteiger partial charge in [-0.05, 0) is 25.1 Å². The fraction of sp³-hybridized carbons (Fsp3) is 0.294. The van der Waals surface area contributed by atoms with Crippen LogP contribution in [0, 0.1) is 0 Å². The van der Waals surface area contributed by atoms with Crippen LogP contribution < -0.4 is 5.32 Å². The lowest BCUT2D eigenvalue weighted by Crippen LogP contribution is -2.25. The summed E-state index contributed by atoms with van der Waals surface area (Å²) in [5.41, 5.74) is 3.12. The second-order valence-electron chi connectivity index (χ2n) is 5.56. The molecule has 5 heteroatoms. The Kier molecular flexibility index (Phi) is 4.36. The second-order valence-corrected chi connectivity index (χ2v) is 6.64. The van der Waals surface area contributed by atoms with Crippen molar-refractivity contribution in [1.82, 2.24) is 9.88 Å². The molecule has 1 aliphatic heterocycles. The Morgan fingerprint density at radius 1 is 1.36 bits per heavy atom. The van der Waals surface area contributed by atoms with Gasteiger partial charge in [-0.2, -0.15) is 0 Å². The molecule has 0 fully saturated rings. The van der Waals surface area contributed by atoms with Gasteiger partial charge in [0.25, 0.3) is 0 Å². The number of nitrogens with zero attached hydrogens (tertiary/aromatic N) is 2. The molecule has 0 aliphatic carbocycles. The van der Waals surface area contributed by atoms with Gasteiger partial charge in [0.15, 0.2) is 5.13 Å². The molecule has 0 bridgehead atoms. The van der Waals surface area contributed by atoms with Crippen LogP contribution in [0.1, 0.15) is 23.1 Å². The Bertz CT molecular complexity index is 706. The van der Waals surface area contributed by atoms with Crippen LogP contribution in [0.15, 0.2) is 36.4 Å². The molecule has 2 aromatic rings. The van der Waals surface area contributed by atoms with E-state index >= 15 is 0 Å². The minimum atomic E-state index is -0.124. The molecule has 114 valence electrons. The monoisotopic (exact) mass is 313 g/mol. The Morgan fingerprint density at radius 3 is 2.91 bits per heavy atom. The van der Waals surface area contributed by atoms with E-state index in [9.17, 15) is 4.79 Å². The molecule has 0 unspecified atom stereocenters. The summed E-state index contributed by atoms with van der Waals surface area (Å²) in [6, 6.07) is 9.90. The van der Waals surface area contributed by atoms with Gasteiger partial charge in [0.1, 0.15) is 0 Å². The maximum atomic E-state index is 12.1. The molecule has 0 saturated carbocycles. The maximum absolute atomic E-state index is 12.1. The molecule has 0 radical (unpaired) electrons. The molecule has 1 N–H and O–H groups in total. The number of thiazole rings is 1. The van der Waals surface area contributed by atoms with Gasteiger partial charge in [0.2, 0.25) is 5.91 Å². The summed E-state index contributed by atoms with van der Waals surface area (Å²) in [7, 11) is 2.10. The number of fused-ring (bicyclic) bond motifs is 1. The van der Waals surface area contributed by atoms with Crippen molar-refractivity contribution in [2.75, 3.05) is 18.9 Å². The number of anilines is 1. The number of likely N-dealkylation sites (N-methyl/N-ethyl adjacent to an activating group) is 1. The molecule has 1 aliphatic rings. The average Bonchev–Trinajstić information content (AvgIpc) is 2.89. The van der Waals surface area contributed by atoms with Crippen LogP contribution in [0.3, 0.4) is 0 Å². The first-order valence-corrected chi connectivity index (χ1v) is 8.15. The molecule has 0 atom stereocenters. The van der Waals surface area contributed by atoms with Crippen molar-refractivity contribution in [3.63, 3.8) is 0 Å². The van der Waals surface area contributed by atoms with Crippen molar-refractivity contribution in [2.24, 2.45) is 0 Å². The molecule has 0 saturated heterocycles. The number of carbonyl (C=O) groups is 1. The lowest BCUT2D eigenvalue weighted by Gasteiger charge is -2.20. The van der Waals surface area contributed by atoms with Crippen LogP contribution in [0.5, 0.6) is 0 Å². The first kappa shape index (κ1) is 14.9. The van der Waals surface area contributed by atoms with Gasteiger partial charge < -0.3 is 4.90 Å². The predicted molar refractivity (Wildman–Crippen MR) is 90.9 cm³/mol. The zero-order chi connectivity index (χ0) is 15.5. The van der Waals surface area contributed by atoms with Gasteiger partial charge in [-0.1, -0.05) is 30.3 Å². The number of benzene rings is 1. The van der Waals surface area contributed by atoms with Crippen molar-refractivity contribution in [3.05, 3.63) is 52.5 Å². The largest absolute Gasteiger partial charge is 0.301 e. The third-order valence-corrected chi connectivity index (χ3v) is 4.73. The Balaban J connectivity index is 1.70. The summed E-state index contributed by atoms with van der Waals surface area (Å²) in [4.78, 5) is 20.2. The smallest absolute Gasteiger partial charge is 0.250 e. The standard InChI is InChI=1S/C17H19N3OS/c1-12(13-6-4-3-5-7-13)10-16(21)19-17-18-14-8-9-20(2)11-15(14)22-17/h3-7,10H,8-9,11H2,1-2H3,(H,18,19,21). The zero-order valence-electron chi connectivity index (χ0n) is 12.8. The number of allylic oxidation sites excluding steroid dienone is 1. The Hall–Kier alpha value is -1.98. The molecular formula is C17H19N3OS. The van der Waals surface area contributed by atoms with Gasteiger partial charge in [0.05, 0.1) is 5.69 Å². The summed E-state index contributed by atoms with van der Waals surface area (Å²) in [6.45, 7) is 3.88. The molecular weight excluding hydrogens is 294 g/mol. The zero-order valence-corrected chi connectivity index (χ0v) is 13.6. The summed E-state index contributed by atoms with van der Waals surface area (Å²) >= 11 is 1.58. The second kappa shape index (κ2) is 6.42. The molecule has 1 amide bonds. The third-order valence-electron chi connectivity index (χ3n) is 3.73. The number of carbonyl (C=O) groups excluding carboxylic acids is 1. The van der Waals surface area contributed by atoms with Gasteiger partial charge in [-0.15, -0.1) is 11.3 Å². The van der Waals surface area contributed by atoms with Crippen LogP contribution in [0.4, 0.5) is 5.13 Å². The molecule has 4 nitrogen and oxygen atoms in total. The Morgan fingerprint density at radius 2 is 2.14 bits per heavy atom. The van der Waals surface area contributed by atoms with Gasteiger partial charge in [-0.3, -0.25) is 10.1 Å². The summed E-state index contributed by atoms with van der Waals surface area (Å²) in [5.74, 6) is -0.124. The van der Waals surface area contributed by atoms with E-state index in [1.54, 1.807) is 17.4 Å². The lowest BCUT2D eigenvalue weighted by atomic mass is 10.1. The van der Waals surface area contributed by atoms with Crippen LogP contribution in [-0.4, -0.2) is 29.4 Å². The predicted octanol–water partition coefficient (Wildman–Crippen LogP) is 3.17. The van der Waals surface area contributed by atoms with E-state index in [2.05, 4.69) is 22.2 Å². The van der Waals surface area contributed by atoms with E-state index in [0.29, 0.717) is 5.13 Å². The first-order valence-electron chi connectivity index (χ1n) is 7.33. The van der Waals surface area contributed by atoms with Gasteiger partial charge in [0, 0.05) is 30.5 Å². The van der Waals surface area contributed by atoms with Gasteiger partial charge >= 0.3 is 0 Å². The normalized spacial score (nSPS) is 15.5. The number of hydrogen-bond acceptors (Lipinski definition) is 4. The van der Waals surface area contributed by atoms with Crippen molar-refractivity contribution in [1.29, 1.82) is 0 Å². The number of nitrogens with one attached hydrogen (secondary N) is 1. The highest BCUT2D eigenvalue weighted by Crippen LogP contribution is 2.27. The van der Waals surface area contributed by atoms with Crippen molar-refractivity contribution in [2.45, 2.75) is 19.9 Å². The fourth-order valence-corrected chi connectivity index (χ4v) is 3.59. The number of hydrogen-bond donors (Lipinski definition) is 1. The van der Waals surface area contributed by atoms with Crippen molar-refractivity contribution < 1.29 is 4.79 Å². The van der Waals surface area contributed by atoms with E-state index < -0.39 is 0 Å². The Labute approximate surface area is 134 Å². The highest BCUT2D eigenvalue weighted by Gasteiger charge is 2.18. The molecule has 22 heavy (non-hydrogen) atoms. The highest BCUT2D eigenvalue weighted by atomic mass is 32.1. The lowest BCUT2D eigenvalue weighted by molar-refractivity contribution is -0.111. The van der Waals surface area contributed by atoms with Crippen molar-refractivity contribution >= 4 is 27.9 Å². The summed E-state index contributed by atoms with van der Waals surface area (Å²) < 4.78 is 0. The molecule has 1 aromatic carbocycles. The molecule has 1 aromatic heterocycles. The minimum absolute atomic E-state index is 0.124. The topological polar surface area (TPSA) is 45.2 Å². The molecule has 2 heterocycles. The van der Waals surface area contributed by atoms with Crippen LogP contribution in [0.2, 0.25) is 0 Å². The maximum Gasteiger partial charge on any atom is 0.250 e. The van der Waals surface area contributed by atoms with Crippen molar-refractivity contribution in [3.8, 4) is 0 Å². The number of amides is 1. The van der Waals surface area contributed by atoms with Crippen LogP contribution >= 0.6 is 11.3 Å². The van der Waals surface area contributed by atoms with Crippen LogP contribution in [-0.2, 0) is 17.8 Å². The van der Waals surface area contributed by atoms with E-state index in [0.717, 1.165) is 36.3 Å². The third kappa shape index (κ3) is 3.43. The van der Waals surface area contributed by atoms with E-state index in [1.165, 1.54) is 4.88 Å². The first-order chi connectivity index (χ1) is 10.6. The molecule has 3 rings (SSSR count). The average molecular weight is 313 g/mol. The number of rotatable bonds is 3. The summed E-state index contributed by atoms with van der Waals surface area (Å²) in [6.07, 6.45) is 2.58. The molecule has 0 spiro atoms. The van der Waals surface area contributed by atoms with Crippen LogP contribution in [0.25, 0.3) is 5.57 Å². The number of aromatic nitrogens is 1. The van der Waals surface area contributed by atoms with E-state index in [1.807, 2.05) is 37.3 Å².